The van der Waals surface area contributed by atoms with E-state index in [0.717, 1.165) is 23.2 Å². The van der Waals surface area contributed by atoms with Crippen LogP contribution < -0.4 is 9.46 Å². The van der Waals surface area contributed by atoms with Crippen LogP contribution in [0.4, 0.5) is 0 Å². The van der Waals surface area contributed by atoms with Crippen molar-refractivity contribution in [3.05, 3.63) is 89.7 Å². The monoisotopic (exact) mass is 382 g/mol. The number of aryl methyl sites for hydroxylation is 1. The lowest BCUT2D eigenvalue weighted by Gasteiger charge is -2.10. The molecule has 0 atom stereocenters. The van der Waals surface area contributed by atoms with Crippen molar-refractivity contribution in [2.75, 3.05) is 0 Å². The second-order valence-corrected chi connectivity index (χ2v) is 7.85. The van der Waals surface area contributed by atoms with Gasteiger partial charge < -0.3 is 4.74 Å². The van der Waals surface area contributed by atoms with Gasteiger partial charge in [0, 0.05) is 12.7 Å². The molecule has 2 aromatic carbocycles. The van der Waals surface area contributed by atoms with E-state index < -0.39 is 10.0 Å². The highest BCUT2D eigenvalue weighted by atomic mass is 32.2. The zero-order valence-corrected chi connectivity index (χ0v) is 15.9. The van der Waals surface area contributed by atoms with Crippen LogP contribution in [0.2, 0.25) is 0 Å². The highest BCUT2D eigenvalue weighted by Gasteiger charge is 2.13. The molecular weight excluding hydrogens is 360 g/mol. The first-order chi connectivity index (χ1) is 13.1. The molecule has 0 amide bonds. The first kappa shape index (κ1) is 19.1. The molecule has 0 spiro atoms. The number of rotatable bonds is 8. The maximum Gasteiger partial charge on any atom is 0.240 e. The highest BCUT2D eigenvalue weighted by Crippen LogP contribution is 2.16. The molecular formula is C21H22N2O3S. The van der Waals surface area contributed by atoms with Crippen LogP contribution in [0.25, 0.3) is 0 Å². The number of nitrogens with zero attached hydrogens (tertiary/aromatic N) is 1. The minimum absolute atomic E-state index is 0.193. The summed E-state index contributed by atoms with van der Waals surface area (Å²) < 4.78 is 33.3. The summed E-state index contributed by atoms with van der Waals surface area (Å²) in [5.74, 6) is 0.671. The number of nitrogens with one attached hydrogen (secondary N) is 1. The standard InChI is InChI=1S/C21H22N2O3S/c1-2-17-9-11-21(12-10-17)27(24,25)23-15-18-6-5-8-20(14-18)26-16-19-7-3-4-13-22-19/h3-14,23H,2,15-16H2,1H3. The molecule has 3 aromatic rings. The number of hydrogen-bond donors (Lipinski definition) is 1. The fourth-order valence-corrected chi connectivity index (χ4v) is 3.57. The van der Waals surface area contributed by atoms with Crippen LogP contribution in [0.15, 0.2) is 77.8 Å². The molecule has 1 aromatic heterocycles. The van der Waals surface area contributed by atoms with Gasteiger partial charge in [-0.15, -0.1) is 0 Å². The van der Waals surface area contributed by atoms with Crippen molar-refractivity contribution in [2.24, 2.45) is 0 Å². The number of benzene rings is 2. The van der Waals surface area contributed by atoms with Gasteiger partial charge in [-0.3, -0.25) is 4.98 Å². The van der Waals surface area contributed by atoms with Gasteiger partial charge in [-0.1, -0.05) is 37.3 Å². The van der Waals surface area contributed by atoms with Gasteiger partial charge in [0.25, 0.3) is 0 Å². The summed E-state index contributed by atoms with van der Waals surface area (Å²) in [7, 11) is -3.55. The van der Waals surface area contributed by atoms with Gasteiger partial charge >= 0.3 is 0 Å². The number of pyridine rings is 1. The molecule has 0 aliphatic rings. The van der Waals surface area contributed by atoms with E-state index in [1.807, 2.05) is 61.5 Å². The molecule has 0 saturated carbocycles. The van der Waals surface area contributed by atoms with Crippen LogP contribution in [0.5, 0.6) is 5.75 Å². The largest absolute Gasteiger partial charge is 0.487 e. The highest BCUT2D eigenvalue weighted by molar-refractivity contribution is 7.89. The molecule has 0 bridgehead atoms. The Labute approximate surface area is 160 Å². The van der Waals surface area contributed by atoms with Gasteiger partial charge in [0.05, 0.1) is 10.6 Å². The summed E-state index contributed by atoms with van der Waals surface area (Å²) >= 11 is 0. The van der Waals surface area contributed by atoms with Gasteiger partial charge in [-0.05, 0) is 53.9 Å². The third-order valence-corrected chi connectivity index (χ3v) is 5.54. The Hall–Kier alpha value is -2.70. The number of hydrogen-bond acceptors (Lipinski definition) is 4. The maximum absolute atomic E-state index is 12.5. The Morgan fingerprint density at radius 2 is 1.78 bits per heavy atom. The van der Waals surface area contributed by atoms with Crippen LogP contribution in [0.1, 0.15) is 23.7 Å². The second kappa shape index (κ2) is 8.79. The first-order valence-electron chi connectivity index (χ1n) is 8.77. The van der Waals surface area contributed by atoms with E-state index in [1.165, 1.54) is 0 Å². The summed E-state index contributed by atoms with van der Waals surface area (Å²) in [6.45, 7) is 2.59. The van der Waals surface area contributed by atoms with Crippen LogP contribution in [0.3, 0.4) is 0 Å². The minimum Gasteiger partial charge on any atom is -0.487 e. The van der Waals surface area contributed by atoms with Crippen LogP contribution in [-0.2, 0) is 29.6 Å². The number of ether oxygens (including phenoxy) is 1. The van der Waals surface area contributed by atoms with E-state index in [2.05, 4.69) is 9.71 Å². The molecule has 27 heavy (non-hydrogen) atoms. The molecule has 0 aliphatic heterocycles. The van der Waals surface area contributed by atoms with E-state index in [9.17, 15) is 8.42 Å². The molecule has 1 N–H and O–H groups in total. The van der Waals surface area contributed by atoms with E-state index in [4.69, 9.17) is 4.74 Å². The zero-order valence-electron chi connectivity index (χ0n) is 15.1. The lowest BCUT2D eigenvalue weighted by molar-refractivity contribution is 0.301. The Balaban J connectivity index is 1.61. The molecule has 0 saturated heterocycles. The van der Waals surface area contributed by atoms with E-state index >= 15 is 0 Å². The summed E-state index contributed by atoms with van der Waals surface area (Å²) in [6.07, 6.45) is 2.59. The average molecular weight is 382 g/mol. The fourth-order valence-electron chi connectivity index (χ4n) is 2.55. The Morgan fingerprint density at radius 1 is 0.963 bits per heavy atom. The Kier molecular flexibility index (Phi) is 6.21. The van der Waals surface area contributed by atoms with Crippen molar-refractivity contribution in [1.29, 1.82) is 0 Å². The minimum atomic E-state index is -3.55. The summed E-state index contributed by atoms with van der Waals surface area (Å²) in [4.78, 5) is 4.48. The van der Waals surface area contributed by atoms with Crippen LogP contribution in [0, 0.1) is 0 Å². The molecule has 6 heteroatoms. The molecule has 1 heterocycles. The normalized spacial score (nSPS) is 11.3. The van der Waals surface area contributed by atoms with Gasteiger partial charge in [0.15, 0.2) is 0 Å². The topological polar surface area (TPSA) is 68.3 Å². The summed E-state index contributed by atoms with van der Waals surface area (Å²) in [5, 5.41) is 0. The van der Waals surface area contributed by atoms with Crippen molar-refractivity contribution in [2.45, 2.75) is 31.4 Å². The lowest BCUT2D eigenvalue weighted by atomic mass is 10.2. The quantitative estimate of drug-likeness (QED) is 0.645. The van der Waals surface area contributed by atoms with Crippen LogP contribution in [-0.4, -0.2) is 13.4 Å². The van der Waals surface area contributed by atoms with E-state index in [-0.39, 0.29) is 11.4 Å². The molecule has 3 rings (SSSR count). The lowest BCUT2D eigenvalue weighted by Crippen LogP contribution is -2.23. The second-order valence-electron chi connectivity index (χ2n) is 6.08. The molecule has 5 nitrogen and oxygen atoms in total. The summed E-state index contributed by atoms with van der Waals surface area (Å²) in [6, 6.07) is 19.9. The third-order valence-electron chi connectivity index (χ3n) is 4.12. The fraction of sp³-hybridized carbons (Fsp3) is 0.190. The van der Waals surface area contributed by atoms with E-state index in [0.29, 0.717) is 12.4 Å². The van der Waals surface area contributed by atoms with Crippen molar-refractivity contribution in [3.8, 4) is 5.75 Å². The van der Waals surface area contributed by atoms with Crippen molar-refractivity contribution >= 4 is 10.0 Å². The van der Waals surface area contributed by atoms with Crippen LogP contribution >= 0.6 is 0 Å². The smallest absolute Gasteiger partial charge is 0.240 e. The molecule has 0 radical (unpaired) electrons. The molecule has 0 unspecified atom stereocenters. The van der Waals surface area contributed by atoms with Crippen molar-refractivity contribution in [1.82, 2.24) is 9.71 Å². The van der Waals surface area contributed by atoms with Crippen molar-refractivity contribution in [3.63, 3.8) is 0 Å². The summed E-state index contributed by atoms with van der Waals surface area (Å²) in [5.41, 5.74) is 2.76. The first-order valence-corrected chi connectivity index (χ1v) is 10.3. The van der Waals surface area contributed by atoms with Gasteiger partial charge in [0.2, 0.25) is 10.0 Å². The van der Waals surface area contributed by atoms with Gasteiger partial charge in [-0.25, -0.2) is 13.1 Å². The molecule has 0 aliphatic carbocycles. The van der Waals surface area contributed by atoms with E-state index in [1.54, 1.807) is 18.3 Å². The maximum atomic E-state index is 12.5. The number of aromatic nitrogens is 1. The van der Waals surface area contributed by atoms with Gasteiger partial charge in [0.1, 0.15) is 12.4 Å². The molecule has 140 valence electrons. The number of sulfonamides is 1. The van der Waals surface area contributed by atoms with Gasteiger partial charge in [-0.2, -0.15) is 0 Å². The third kappa shape index (κ3) is 5.39. The SMILES string of the molecule is CCc1ccc(S(=O)(=O)NCc2cccc(OCc3ccccn3)c2)cc1. The predicted octanol–water partition coefficient (Wildman–Crippen LogP) is 3.70. The zero-order chi connectivity index (χ0) is 19.1. The predicted molar refractivity (Wildman–Crippen MR) is 105 cm³/mol. The van der Waals surface area contributed by atoms with Crippen molar-refractivity contribution < 1.29 is 13.2 Å². The average Bonchev–Trinajstić information content (AvgIpc) is 2.72. The Bertz CT molecular complexity index is 972. The molecule has 0 fully saturated rings. The Morgan fingerprint density at radius 3 is 2.48 bits per heavy atom.